The van der Waals surface area contributed by atoms with E-state index in [9.17, 15) is 0 Å². The van der Waals surface area contributed by atoms with Crippen molar-refractivity contribution >= 4 is 64.0 Å². The Morgan fingerprint density at radius 3 is 2.40 bits per heavy atom. The van der Waals surface area contributed by atoms with Gasteiger partial charge in [-0.2, -0.15) is 0 Å². The van der Waals surface area contributed by atoms with E-state index < -0.39 is 0 Å². The van der Waals surface area contributed by atoms with Gasteiger partial charge in [-0.05, 0) is 13.8 Å². The first-order chi connectivity index (χ1) is 4.22. The van der Waals surface area contributed by atoms with Crippen LogP contribution in [0.25, 0.3) is 0 Å². The third-order valence-electron chi connectivity index (χ3n) is 1.11. The molecule has 52 valence electrons. The van der Waals surface area contributed by atoms with Crippen LogP contribution in [0.3, 0.4) is 0 Å². The summed E-state index contributed by atoms with van der Waals surface area (Å²) in [5.41, 5.74) is 0. The first-order valence-electron chi connectivity index (χ1n) is 2.80. The fraction of sp³-hybridized carbons (Fsp3) is 0.600. The Hall–Kier alpha value is 1.13. The van der Waals surface area contributed by atoms with Crippen LogP contribution in [0.5, 0.6) is 0 Å². The predicted octanol–water partition coefficient (Wildman–Crippen LogP) is 0.499. The predicted molar refractivity (Wildman–Crippen MR) is 44.8 cm³/mol. The van der Waals surface area contributed by atoms with Crippen LogP contribution >= 0.6 is 12.6 Å². The quantitative estimate of drug-likeness (QED) is 0.508. The van der Waals surface area contributed by atoms with Crippen molar-refractivity contribution in [3.05, 3.63) is 6.33 Å². The Bertz CT molecular complexity index is 199. The van der Waals surface area contributed by atoms with Gasteiger partial charge in [0.2, 0.25) is 0 Å². The van der Waals surface area contributed by atoms with Gasteiger partial charge >= 0.3 is 51.4 Å². The zero-order chi connectivity index (χ0) is 6.85. The summed E-state index contributed by atoms with van der Waals surface area (Å²) in [5, 5.41) is 8.07. The minimum absolute atomic E-state index is 0. The van der Waals surface area contributed by atoms with Crippen molar-refractivity contribution in [3.8, 4) is 0 Å². The van der Waals surface area contributed by atoms with E-state index in [1.807, 2.05) is 4.57 Å². The zero-order valence-electron chi connectivity index (χ0n) is 5.44. The second-order valence-electron chi connectivity index (χ2n) is 2.13. The number of thiol groups is 1. The average molecular weight is 183 g/mol. The van der Waals surface area contributed by atoms with Crippen LogP contribution in [0.15, 0.2) is 11.5 Å². The van der Waals surface area contributed by atoms with Gasteiger partial charge < -0.3 is 4.57 Å². The molecular weight excluding hydrogens is 173 g/mol. The maximum atomic E-state index is 4.08. The molecule has 0 atom stereocenters. The van der Waals surface area contributed by atoms with Gasteiger partial charge in [0.1, 0.15) is 6.33 Å². The van der Waals surface area contributed by atoms with Gasteiger partial charge in [-0.3, -0.25) is 0 Å². The van der Waals surface area contributed by atoms with Crippen molar-refractivity contribution in [2.24, 2.45) is 0 Å². The summed E-state index contributed by atoms with van der Waals surface area (Å²) < 4.78 is 1.89. The molecule has 1 rings (SSSR count). The van der Waals surface area contributed by atoms with Gasteiger partial charge in [-0.25, -0.2) is 0 Å². The molecule has 0 aliphatic rings. The van der Waals surface area contributed by atoms with E-state index in [1.54, 1.807) is 6.33 Å². The first kappa shape index (κ1) is 11.1. The summed E-state index contributed by atoms with van der Waals surface area (Å²) in [5.74, 6) is 0. The standard InChI is InChI=1S/C5H9N3S.K.H/c1-4(2)8-3-6-7-5(8)9;;/h3-4H,1-2H3,(H,7,9);;. The van der Waals surface area contributed by atoms with E-state index in [-0.39, 0.29) is 51.4 Å². The molecule has 0 aromatic carbocycles. The fourth-order valence-corrected chi connectivity index (χ4v) is 0.935. The van der Waals surface area contributed by atoms with Crippen molar-refractivity contribution in [2.45, 2.75) is 25.0 Å². The van der Waals surface area contributed by atoms with Crippen molar-refractivity contribution in [1.82, 2.24) is 14.8 Å². The van der Waals surface area contributed by atoms with Crippen molar-refractivity contribution in [3.63, 3.8) is 0 Å². The molecule has 1 heterocycles. The van der Waals surface area contributed by atoms with Gasteiger partial charge in [0, 0.05) is 6.04 Å². The maximum absolute atomic E-state index is 4.08. The second kappa shape index (κ2) is 4.90. The topological polar surface area (TPSA) is 30.7 Å². The summed E-state index contributed by atoms with van der Waals surface area (Å²) in [6.07, 6.45) is 1.67. The first-order valence-corrected chi connectivity index (χ1v) is 3.25. The third-order valence-corrected chi connectivity index (χ3v) is 1.43. The molecule has 0 radical (unpaired) electrons. The van der Waals surface area contributed by atoms with Gasteiger partial charge in [0.25, 0.3) is 0 Å². The summed E-state index contributed by atoms with van der Waals surface area (Å²) in [4.78, 5) is 0. The molecule has 0 saturated carbocycles. The molecule has 0 unspecified atom stereocenters. The van der Waals surface area contributed by atoms with Crippen LogP contribution in [-0.4, -0.2) is 66.1 Å². The van der Waals surface area contributed by atoms with E-state index in [0.29, 0.717) is 11.2 Å². The normalized spacial score (nSPS) is 9.60. The summed E-state index contributed by atoms with van der Waals surface area (Å²) in [6, 6.07) is 0.396. The Morgan fingerprint density at radius 2 is 2.20 bits per heavy atom. The average Bonchev–Trinajstić information content (AvgIpc) is 2.13. The van der Waals surface area contributed by atoms with E-state index in [1.165, 1.54) is 0 Å². The minimum atomic E-state index is 0. The number of hydrogen-bond donors (Lipinski definition) is 1. The van der Waals surface area contributed by atoms with E-state index >= 15 is 0 Å². The molecule has 0 fully saturated rings. The summed E-state index contributed by atoms with van der Waals surface area (Å²) >= 11 is 4.08. The Labute approximate surface area is 108 Å². The monoisotopic (exact) mass is 183 g/mol. The molecule has 3 nitrogen and oxygen atoms in total. The third kappa shape index (κ3) is 2.63. The number of hydrogen-bond acceptors (Lipinski definition) is 3. The van der Waals surface area contributed by atoms with Gasteiger partial charge in [-0.15, -0.1) is 22.8 Å². The van der Waals surface area contributed by atoms with Crippen LogP contribution in [0.2, 0.25) is 0 Å². The number of aromatic nitrogens is 3. The molecule has 0 N–H and O–H groups in total. The Morgan fingerprint density at radius 1 is 1.60 bits per heavy atom. The molecular formula is C5H10KN3S. The zero-order valence-corrected chi connectivity index (χ0v) is 6.34. The molecule has 1 aromatic rings. The van der Waals surface area contributed by atoms with E-state index in [2.05, 4.69) is 36.7 Å². The van der Waals surface area contributed by atoms with Gasteiger partial charge in [0.15, 0.2) is 5.16 Å². The van der Waals surface area contributed by atoms with Gasteiger partial charge in [-0.1, -0.05) is 0 Å². The van der Waals surface area contributed by atoms with E-state index in [0.717, 1.165) is 0 Å². The Balaban J connectivity index is 0.000000810. The fourth-order valence-electron chi connectivity index (χ4n) is 0.601. The number of rotatable bonds is 1. The summed E-state index contributed by atoms with van der Waals surface area (Å²) in [6.45, 7) is 4.12. The molecule has 0 saturated heterocycles. The molecule has 1 aromatic heterocycles. The molecule has 10 heavy (non-hydrogen) atoms. The van der Waals surface area contributed by atoms with Crippen LogP contribution in [0, 0.1) is 0 Å². The summed E-state index contributed by atoms with van der Waals surface area (Å²) in [7, 11) is 0. The van der Waals surface area contributed by atoms with Crippen LogP contribution < -0.4 is 0 Å². The van der Waals surface area contributed by atoms with E-state index in [4.69, 9.17) is 0 Å². The molecule has 0 aliphatic heterocycles. The van der Waals surface area contributed by atoms with Crippen LogP contribution in [0.1, 0.15) is 19.9 Å². The molecule has 0 spiro atoms. The van der Waals surface area contributed by atoms with Crippen molar-refractivity contribution in [2.75, 3.05) is 0 Å². The van der Waals surface area contributed by atoms with Crippen molar-refractivity contribution < 1.29 is 0 Å². The van der Waals surface area contributed by atoms with Gasteiger partial charge in [0.05, 0.1) is 0 Å². The Kier molecular flexibility index (Phi) is 5.45. The van der Waals surface area contributed by atoms with Crippen LogP contribution in [-0.2, 0) is 0 Å². The van der Waals surface area contributed by atoms with Crippen LogP contribution in [0.4, 0.5) is 0 Å². The number of nitrogens with zero attached hydrogens (tertiary/aromatic N) is 3. The SMILES string of the molecule is CC(C)n1cnnc1S.[KH]. The molecule has 0 amide bonds. The second-order valence-corrected chi connectivity index (χ2v) is 2.53. The van der Waals surface area contributed by atoms with Crippen molar-refractivity contribution in [1.29, 1.82) is 0 Å². The molecule has 0 aliphatic carbocycles. The molecule has 0 bridgehead atoms. The molecule has 5 heteroatoms.